The summed E-state index contributed by atoms with van der Waals surface area (Å²) < 4.78 is 0. The Kier molecular flexibility index (Phi) is 10.8. The normalized spacial score (nSPS) is 11.3. The Morgan fingerprint density at radius 3 is 2.58 bits per heavy atom. The van der Waals surface area contributed by atoms with E-state index in [4.69, 9.17) is 4.99 Å². The van der Waals surface area contributed by atoms with E-state index in [1.165, 1.54) is 21.6 Å². The third-order valence-electron chi connectivity index (χ3n) is 4.13. The van der Waals surface area contributed by atoms with E-state index in [9.17, 15) is 0 Å². The molecule has 144 valence electrons. The molecule has 0 aliphatic rings. The molecule has 0 saturated heterocycles. The number of hydrogen-bond acceptors (Lipinski definition) is 3. The molecule has 2 rings (SSSR count). The van der Waals surface area contributed by atoms with Crippen molar-refractivity contribution in [3.63, 3.8) is 0 Å². The molecule has 0 aliphatic heterocycles. The number of aryl methyl sites for hydroxylation is 1. The van der Waals surface area contributed by atoms with Crippen LogP contribution in [0.4, 0.5) is 0 Å². The first-order valence-corrected chi connectivity index (χ1v) is 9.81. The Morgan fingerprint density at radius 1 is 1.15 bits per heavy atom. The zero-order valence-corrected chi connectivity index (χ0v) is 19.4. The smallest absolute Gasteiger partial charge is 0.191 e. The summed E-state index contributed by atoms with van der Waals surface area (Å²) in [7, 11) is 2.14. The molecule has 0 aliphatic carbocycles. The second-order valence-electron chi connectivity index (χ2n) is 6.23. The van der Waals surface area contributed by atoms with Crippen molar-refractivity contribution in [2.24, 2.45) is 4.99 Å². The number of rotatable bonds is 8. The van der Waals surface area contributed by atoms with Crippen LogP contribution in [-0.4, -0.2) is 31.0 Å². The van der Waals surface area contributed by atoms with Gasteiger partial charge in [-0.05, 0) is 55.6 Å². The van der Waals surface area contributed by atoms with Crippen molar-refractivity contribution in [3.8, 4) is 0 Å². The van der Waals surface area contributed by atoms with Gasteiger partial charge in [-0.3, -0.25) is 0 Å². The summed E-state index contributed by atoms with van der Waals surface area (Å²) in [6.07, 6.45) is 0. The summed E-state index contributed by atoms with van der Waals surface area (Å²) in [6.45, 7) is 10.8. The largest absolute Gasteiger partial charge is 0.357 e. The quantitative estimate of drug-likeness (QED) is 0.331. The number of aliphatic imine (C=N–C) groups is 1. The lowest BCUT2D eigenvalue weighted by atomic mass is 10.1. The Morgan fingerprint density at radius 2 is 1.92 bits per heavy atom. The molecule has 0 unspecified atom stereocenters. The van der Waals surface area contributed by atoms with Crippen LogP contribution < -0.4 is 10.6 Å². The summed E-state index contributed by atoms with van der Waals surface area (Å²) in [4.78, 5) is 8.40. The molecule has 0 radical (unpaired) electrons. The van der Waals surface area contributed by atoms with Crippen molar-refractivity contribution in [3.05, 3.63) is 57.3 Å². The van der Waals surface area contributed by atoms with Gasteiger partial charge in [0.15, 0.2) is 5.96 Å². The van der Waals surface area contributed by atoms with Crippen molar-refractivity contribution >= 4 is 41.3 Å². The van der Waals surface area contributed by atoms with Crippen LogP contribution in [-0.2, 0) is 19.6 Å². The molecule has 0 atom stereocenters. The molecule has 4 nitrogen and oxygen atoms in total. The fourth-order valence-corrected chi connectivity index (χ4v) is 3.36. The van der Waals surface area contributed by atoms with Crippen LogP contribution in [0.5, 0.6) is 0 Å². The van der Waals surface area contributed by atoms with E-state index in [-0.39, 0.29) is 24.0 Å². The number of nitrogens with one attached hydrogen (secondary N) is 2. The highest BCUT2D eigenvalue weighted by molar-refractivity contribution is 14.0. The van der Waals surface area contributed by atoms with Crippen LogP contribution in [0.3, 0.4) is 0 Å². The van der Waals surface area contributed by atoms with Crippen LogP contribution in [0.25, 0.3) is 0 Å². The summed E-state index contributed by atoms with van der Waals surface area (Å²) in [5.41, 5.74) is 3.91. The van der Waals surface area contributed by atoms with E-state index in [0.29, 0.717) is 6.54 Å². The third-order valence-corrected chi connectivity index (χ3v) is 5.16. The number of benzene rings is 1. The molecule has 0 spiro atoms. The van der Waals surface area contributed by atoms with E-state index < -0.39 is 0 Å². The second kappa shape index (κ2) is 12.3. The molecule has 26 heavy (non-hydrogen) atoms. The molecular weight excluding hydrogens is 455 g/mol. The fourth-order valence-electron chi connectivity index (χ4n) is 2.51. The second-order valence-corrected chi connectivity index (χ2v) is 7.23. The molecule has 0 saturated carbocycles. The number of thiophene rings is 1. The molecule has 2 N–H and O–H groups in total. The molecule has 1 aromatic heterocycles. The lowest BCUT2D eigenvalue weighted by molar-refractivity contribution is 0.345. The Bertz CT molecular complexity index is 684. The highest BCUT2D eigenvalue weighted by Gasteiger charge is 2.03. The Hall–Kier alpha value is -1.12. The maximum atomic E-state index is 4.74. The third kappa shape index (κ3) is 7.63. The van der Waals surface area contributed by atoms with Crippen LogP contribution in [0.15, 0.2) is 40.7 Å². The van der Waals surface area contributed by atoms with Crippen LogP contribution >= 0.6 is 35.3 Å². The summed E-state index contributed by atoms with van der Waals surface area (Å²) in [5.74, 6) is 0.867. The summed E-state index contributed by atoms with van der Waals surface area (Å²) >= 11 is 1.78. The van der Waals surface area contributed by atoms with Gasteiger partial charge in [-0.1, -0.05) is 31.2 Å². The van der Waals surface area contributed by atoms with Crippen molar-refractivity contribution in [2.75, 3.05) is 20.1 Å². The van der Waals surface area contributed by atoms with E-state index in [0.717, 1.165) is 32.1 Å². The summed E-state index contributed by atoms with van der Waals surface area (Å²) in [5, 5.41) is 8.89. The Labute approximate surface area is 179 Å². The van der Waals surface area contributed by atoms with Gasteiger partial charge in [-0.25, -0.2) is 4.99 Å². The molecule has 0 amide bonds. The maximum absolute atomic E-state index is 4.74. The first kappa shape index (κ1) is 22.9. The van der Waals surface area contributed by atoms with Gasteiger partial charge in [-0.15, -0.1) is 35.3 Å². The van der Waals surface area contributed by atoms with E-state index in [1.807, 2.05) is 0 Å². The number of nitrogens with zero attached hydrogens (tertiary/aromatic N) is 2. The SMILES string of the molecule is CCNC(=NCc1cccc(CN(C)CC)c1)NCc1sccc1C.I. The van der Waals surface area contributed by atoms with E-state index in [1.54, 1.807) is 11.3 Å². The highest BCUT2D eigenvalue weighted by atomic mass is 127. The minimum atomic E-state index is 0. The summed E-state index contributed by atoms with van der Waals surface area (Å²) in [6, 6.07) is 10.9. The highest BCUT2D eigenvalue weighted by Crippen LogP contribution is 2.14. The molecule has 2 aromatic rings. The first-order chi connectivity index (χ1) is 12.1. The van der Waals surface area contributed by atoms with Crippen molar-refractivity contribution < 1.29 is 0 Å². The minimum Gasteiger partial charge on any atom is -0.357 e. The minimum absolute atomic E-state index is 0. The molecule has 1 aromatic carbocycles. The van der Waals surface area contributed by atoms with Gasteiger partial charge in [0, 0.05) is 18.0 Å². The van der Waals surface area contributed by atoms with Crippen LogP contribution in [0.2, 0.25) is 0 Å². The van der Waals surface area contributed by atoms with Crippen LogP contribution in [0.1, 0.15) is 35.4 Å². The molecule has 6 heteroatoms. The standard InChI is InChI=1S/C20H30N4S.HI/c1-5-21-20(23-14-19-16(3)10-11-25-19)22-13-17-8-7-9-18(12-17)15-24(4)6-2;/h7-12H,5-6,13-15H2,1-4H3,(H2,21,22,23);1H. The van der Waals surface area contributed by atoms with E-state index >= 15 is 0 Å². The average Bonchev–Trinajstić information content (AvgIpc) is 3.02. The lowest BCUT2D eigenvalue weighted by Crippen LogP contribution is -2.36. The average molecular weight is 486 g/mol. The van der Waals surface area contributed by atoms with Gasteiger partial charge in [0.05, 0.1) is 13.1 Å². The number of hydrogen-bond donors (Lipinski definition) is 2. The van der Waals surface area contributed by atoms with Crippen molar-refractivity contribution in [1.82, 2.24) is 15.5 Å². The predicted molar refractivity (Wildman–Crippen MR) is 125 cm³/mol. The fraction of sp³-hybridized carbons (Fsp3) is 0.450. The molecule has 0 fully saturated rings. The van der Waals surface area contributed by atoms with Gasteiger partial charge in [0.2, 0.25) is 0 Å². The predicted octanol–water partition coefficient (Wildman–Crippen LogP) is 4.38. The topological polar surface area (TPSA) is 39.7 Å². The monoisotopic (exact) mass is 486 g/mol. The van der Waals surface area contributed by atoms with Gasteiger partial charge < -0.3 is 15.5 Å². The van der Waals surface area contributed by atoms with Crippen LogP contribution in [0, 0.1) is 6.92 Å². The van der Waals surface area contributed by atoms with Gasteiger partial charge in [0.25, 0.3) is 0 Å². The van der Waals surface area contributed by atoms with Gasteiger partial charge in [-0.2, -0.15) is 0 Å². The Balaban J connectivity index is 0.00000338. The first-order valence-electron chi connectivity index (χ1n) is 8.93. The van der Waals surface area contributed by atoms with Gasteiger partial charge in [0.1, 0.15) is 0 Å². The molecule has 0 bridgehead atoms. The maximum Gasteiger partial charge on any atom is 0.191 e. The molecular formula is C20H31IN4S. The zero-order valence-electron chi connectivity index (χ0n) is 16.2. The number of guanidine groups is 1. The van der Waals surface area contributed by atoms with Gasteiger partial charge >= 0.3 is 0 Å². The van der Waals surface area contributed by atoms with E-state index in [2.05, 4.69) is 79.1 Å². The lowest BCUT2D eigenvalue weighted by Gasteiger charge is -2.14. The number of halogens is 1. The zero-order chi connectivity index (χ0) is 18.1. The molecule has 1 heterocycles. The van der Waals surface area contributed by atoms with Crippen molar-refractivity contribution in [1.29, 1.82) is 0 Å². The van der Waals surface area contributed by atoms with Crippen molar-refractivity contribution in [2.45, 2.75) is 40.4 Å².